The minimum absolute atomic E-state index is 0.308. The largest absolute Gasteiger partial charge is 0.507 e. The molecule has 3 rings (SSSR count). The molecule has 0 radical (unpaired) electrons. The highest BCUT2D eigenvalue weighted by atomic mass is 16.4. The quantitative estimate of drug-likeness (QED) is 0.746. The van der Waals surface area contributed by atoms with Gasteiger partial charge in [0.25, 0.3) is 0 Å². The summed E-state index contributed by atoms with van der Waals surface area (Å²) in [7, 11) is 0. The molecular formula is C22H31NO3. The summed E-state index contributed by atoms with van der Waals surface area (Å²) in [4.78, 5) is 14.4. The molecule has 1 fully saturated rings. The molecule has 0 bridgehead atoms. The van der Waals surface area contributed by atoms with E-state index in [2.05, 4.69) is 18.7 Å². The highest BCUT2D eigenvalue weighted by molar-refractivity contribution is 5.86. The maximum Gasteiger partial charge on any atom is 0.336 e. The van der Waals surface area contributed by atoms with Crippen molar-refractivity contribution < 1.29 is 9.52 Å². The molecule has 0 unspecified atom stereocenters. The lowest BCUT2D eigenvalue weighted by Gasteiger charge is -2.34. The Hall–Kier alpha value is -1.81. The molecule has 0 spiro atoms. The van der Waals surface area contributed by atoms with Crippen LogP contribution < -0.4 is 5.63 Å². The molecular weight excluding hydrogens is 326 g/mol. The smallest absolute Gasteiger partial charge is 0.336 e. The Balaban J connectivity index is 2.09. The third-order valence-electron chi connectivity index (χ3n) is 5.77. The number of rotatable bonds is 6. The zero-order valence-corrected chi connectivity index (χ0v) is 16.3. The van der Waals surface area contributed by atoms with Crippen molar-refractivity contribution in [3.63, 3.8) is 0 Å². The van der Waals surface area contributed by atoms with Gasteiger partial charge >= 0.3 is 5.63 Å². The van der Waals surface area contributed by atoms with Crippen LogP contribution in [0.3, 0.4) is 0 Å². The fourth-order valence-corrected chi connectivity index (χ4v) is 4.32. The van der Waals surface area contributed by atoms with Crippen LogP contribution >= 0.6 is 0 Å². The molecule has 2 aromatic rings. The minimum atomic E-state index is -0.348. The van der Waals surface area contributed by atoms with Crippen molar-refractivity contribution in [1.82, 2.24) is 4.90 Å². The molecule has 142 valence electrons. The van der Waals surface area contributed by atoms with Gasteiger partial charge in [-0.3, -0.25) is 4.90 Å². The molecule has 26 heavy (non-hydrogen) atoms. The van der Waals surface area contributed by atoms with Crippen molar-refractivity contribution in [2.45, 2.75) is 78.3 Å². The van der Waals surface area contributed by atoms with Crippen LogP contribution in [-0.4, -0.2) is 22.6 Å². The maximum absolute atomic E-state index is 12.0. The summed E-state index contributed by atoms with van der Waals surface area (Å²) in [6.07, 6.45) is 8.09. The standard InChI is InChI=1S/C22H31NO3/c1-4-9-16-13-18-15(3)12-20(24)26-22(18)19(21(16)25)14-23(5-2)17-10-7-6-8-11-17/h12-13,17,25H,4-11,14H2,1-3H3. The molecule has 1 N–H and O–H groups in total. The van der Waals surface area contributed by atoms with E-state index in [1.165, 1.54) is 38.2 Å². The van der Waals surface area contributed by atoms with Crippen molar-refractivity contribution in [2.24, 2.45) is 0 Å². The van der Waals surface area contributed by atoms with Gasteiger partial charge in [-0.2, -0.15) is 0 Å². The van der Waals surface area contributed by atoms with Gasteiger partial charge in [-0.15, -0.1) is 0 Å². The van der Waals surface area contributed by atoms with Crippen molar-refractivity contribution in [1.29, 1.82) is 0 Å². The van der Waals surface area contributed by atoms with Crippen LogP contribution in [0.1, 0.15) is 69.1 Å². The Labute approximate surface area is 155 Å². The molecule has 4 nitrogen and oxygen atoms in total. The fourth-order valence-electron chi connectivity index (χ4n) is 4.32. The first kappa shape index (κ1) is 19.0. The predicted molar refractivity (Wildman–Crippen MR) is 106 cm³/mol. The van der Waals surface area contributed by atoms with E-state index in [4.69, 9.17) is 4.42 Å². The highest BCUT2D eigenvalue weighted by Crippen LogP contribution is 2.35. The summed E-state index contributed by atoms with van der Waals surface area (Å²) < 4.78 is 5.58. The van der Waals surface area contributed by atoms with E-state index in [0.29, 0.717) is 23.9 Å². The molecule has 1 saturated carbocycles. The third kappa shape index (κ3) is 3.80. The zero-order valence-electron chi connectivity index (χ0n) is 16.3. The van der Waals surface area contributed by atoms with Gasteiger partial charge < -0.3 is 9.52 Å². The normalized spacial score (nSPS) is 15.8. The zero-order chi connectivity index (χ0) is 18.7. The number of phenolic OH excluding ortho intramolecular Hbond substituents is 1. The van der Waals surface area contributed by atoms with Crippen molar-refractivity contribution in [3.05, 3.63) is 39.2 Å². The number of aryl methyl sites for hydroxylation is 2. The first-order valence-corrected chi connectivity index (χ1v) is 10.1. The van der Waals surface area contributed by atoms with Crippen molar-refractivity contribution >= 4 is 11.0 Å². The Morgan fingerprint density at radius 3 is 2.58 bits per heavy atom. The number of aromatic hydroxyl groups is 1. The lowest BCUT2D eigenvalue weighted by atomic mass is 9.93. The topological polar surface area (TPSA) is 53.7 Å². The average molecular weight is 357 g/mol. The molecule has 0 aliphatic heterocycles. The molecule has 0 amide bonds. The van der Waals surface area contributed by atoms with Gasteiger partial charge in [-0.05, 0) is 49.9 Å². The van der Waals surface area contributed by atoms with Gasteiger partial charge in [0.15, 0.2) is 0 Å². The lowest BCUT2D eigenvalue weighted by Crippen LogP contribution is -2.36. The molecule has 1 aromatic heterocycles. The molecule has 1 aliphatic rings. The second-order valence-corrected chi connectivity index (χ2v) is 7.59. The number of phenols is 1. The van der Waals surface area contributed by atoms with Crippen LogP contribution in [-0.2, 0) is 13.0 Å². The Bertz CT molecular complexity index is 818. The SMILES string of the molecule is CCCc1cc2c(C)cc(=O)oc2c(CN(CC)C2CCCCC2)c1O. The van der Waals surface area contributed by atoms with Crippen LogP contribution in [0.4, 0.5) is 0 Å². The van der Waals surface area contributed by atoms with Gasteiger partial charge in [0.1, 0.15) is 11.3 Å². The summed E-state index contributed by atoms with van der Waals surface area (Å²) in [5.41, 5.74) is 2.85. The Kier molecular flexibility index (Phi) is 6.02. The average Bonchev–Trinajstić information content (AvgIpc) is 2.63. The van der Waals surface area contributed by atoms with E-state index in [1.807, 2.05) is 13.0 Å². The molecule has 0 atom stereocenters. The number of nitrogens with zero attached hydrogens (tertiary/aromatic N) is 1. The van der Waals surface area contributed by atoms with E-state index in [-0.39, 0.29) is 5.63 Å². The van der Waals surface area contributed by atoms with E-state index in [9.17, 15) is 9.90 Å². The number of fused-ring (bicyclic) bond motifs is 1. The lowest BCUT2D eigenvalue weighted by molar-refractivity contribution is 0.154. The number of hydrogen-bond donors (Lipinski definition) is 1. The van der Waals surface area contributed by atoms with Crippen molar-refractivity contribution in [3.8, 4) is 5.75 Å². The monoisotopic (exact) mass is 357 g/mol. The van der Waals surface area contributed by atoms with Crippen LogP contribution in [0.5, 0.6) is 5.75 Å². The first-order valence-electron chi connectivity index (χ1n) is 10.1. The summed E-state index contributed by atoms with van der Waals surface area (Å²) >= 11 is 0. The molecule has 4 heteroatoms. The Morgan fingerprint density at radius 2 is 1.92 bits per heavy atom. The second kappa shape index (κ2) is 8.26. The molecule has 1 aliphatic carbocycles. The summed E-state index contributed by atoms with van der Waals surface area (Å²) in [6.45, 7) is 7.79. The minimum Gasteiger partial charge on any atom is -0.507 e. The highest BCUT2D eigenvalue weighted by Gasteiger charge is 2.24. The molecule has 1 aromatic carbocycles. The van der Waals surface area contributed by atoms with E-state index >= 15 is 0 Å². The molecule has 0 saturated heterocycles. The van der Waals surface area contributed by atoms with E-state index in [1.54, 1.807) is 0 Å². The van der Waals surface area contributed by atoms with Gasteiger partial charge in [-0.25, -0.2) is 4.79 Å². The third-order valence-corrected chi connectivity index (χ3v) is 5.77. The Morgan fingerprint density at radius 1 is 1.19 bits per heavy atom. The number of hydrogen-bond acceptors (Lipinski definition) is 4. The van der Waals surface area contributed by atoms with Gasteiger partial charge in [0.05, 0.1) is 5.56 Å². The summed E-state index contributed by atoms with van der Waals surface area (Å²) in [6, 6.07) is 4.08. The first-order chi connectivity index (χ1) is 12.5. The second-order valence-electron chi connectivity index (χ2n) is 7.59. The van der Waals surface area contributed by atoms with Crippen LogP contribution in [0.15, 0.2) is 21.3 Å². The van der Waals surface area contributed by atoms with Crippen LogP contribution in [0.2, 0.25) is 0 Å². The number of benzene rings is 1. The van der Waals surface area contributed by atoms with Crippen LogP contribution in [0.25, 0.3) is 11.0 Å². The summed E-state index contributed by atoms with van der Waals surface area (Å²) in [5, 5.41) is 11.9. The predicted octanol–water partition coefficient (Wildman–Crippen LogP) is 4.91. The van der Waals surface area contributed by atoms with Crippen LogP contribution in [0, 0.1) is 6.92 Å². The van der Waals surface area contributed by atoms with Gasteiger partial charge in [0, 0.05) is 24.0 Å². The van der Waals surface area contributed by atoms with E-state index < -0.39 is 0 Å². The van der Waals surface area contributed by atoms with Crippen molar-refractivity contribution in [2.75, 3.05) is 6.54 Å². The fraction of sp³-hybridized carbons (Fsp3) is 0.591. The van der Waals surface area contributed by atoms with E-state index in [0.717, 1.165) is 41.5 Å². The summed E-state index contributed by atoms with van der Waals surface area (Å²) in [5.74, 6) is 0.308. The van der Waals surface area contributed by atoms with Gasteiger partial charge in [0.2, 0.25) is 0 Å². The maximum atomic E-state index is 12.0. The van der Waals surface area contributed by atoms with Gasteiger partial charge in [-0.1, -0.05) is 39.5 Å². The molecule has 1 heterocycles.